The summed E-state index contributed by atoms with van der Waals surface area (Å²) in [5.74, 6) is -0.303. The van der Waals surface area contributed by atoms with Gasteiger partial charge in [-0.05, 0) is 42.5 Å². The lowest BCUT2D eigenvalue weighted by atomic mass is 10.2. The number of sulfonamides is 1. The minimum absolute atomic E-state index is 0.0132. The summed E-state index contributed by atoms with van der Waals surface area (Å²) in [5.41, 5.74) is 0.948. The van der Waals surface area contributed by atoms with Gasteiger partial charge in [-0.3, -0.25) is 9.52 Å². The van der Waals surface area contributed by atoms with Gasteiger partial charge < -0.3 is 10.1 Å². The van der Waals surface area contributed by atoms with Gasteiger partial charge in [0.15, 0.2) is 0 Å². The molecule has 3 aromatic carbocycles. The maximum atomic E-state index is 12.6. The fraction of sp³-hybridized carbons (Fsp3) is 0.0500. The van der Waals surface area contributed by atoms with Gasteiger partial charge in [-0.25, -0.2) is 8.42 Å². The number of carbonyl (C=O) groups is 1. The molecule has 3 aromatic rings. The first kappa shape index (κ1) is 21.0. The Morgan fingerprint density at radius 1 is 0.966 bits per heavy atom. The van der Waals surface area contributed by atoms with Crippen molar-refractivity contribution in [2.45, 2.75) is 4.90 Å². The molecule has 0 aliphatic heterocycles. The van der Waals surface area contributed by atoms with Crippen molar-refractivity contribution >= 4 is 50.5 Å². The Morgan fingerprint density at radius 2 is 1.69 bits per heavy atom. The zero-order valence-corrected chi connectivity index (χ0v) is 17.5. The average molecular weight is 451 g/mol. The highest BCUT2D eigenvalue weighted by molar-refractivity contribution is 7.92. The second-order valence-corrected chi connectivity index (χ2v) is 8.44. The number of rotatable bonds is 6. The number of para-hydroxylation sites is 1. The van der Waals surface area contributed by atoms with Crippen LogP contribution in [0.25, 0.3) is 0 Å². The Labute approximate surface area is 178 Å². The van der Waals surface area contributed by atoms with Crippen LogP contribution in [0.2, 0.25) is 10.0 Å². The number of hydrogen-bond donors (Lipinski definition) is 2. The molecule has 0 saturated carbocycles. The number of halogens is 2. The molecule has 2 N–H and O–H groups in total. The summed E-state index contributed by atoms with van der Waals surface area (Å²) in [6, 6.07) is 17.1. The smallest absolute Gasteiger partial charge is 0.262 e. The molecule has 0 bridgehead atoms. The SMILES string of the molecule is COc1cc(S(=O)(=O)Nc2ccccc2)ccc1NC(=O)c1ccc(Cl)cc1Cl. The quantitative estimate of drug-likeness (QED) is 0.549. The van der Waals surface area contributed by atoms with E-state index in [2.05, 4.69) is 10.0 Å². The fourth-order valence-electron chi connectivity index (χ4n) is 2.53. The number of nitrogens with one attached hydrogen (secondary N) is 2. The van der Waals surface area contributed by atoms with E-state index in [1.165, 1.54) is 37.4 Å². The summed E-state index contributed by atoms with van der Waals surface area (Å²) < 4.78 is 33.0. The number of amides is 1. The van der Waals surface area contributed by atoms with E-state index in [4.69, 9.17) is 27.9 Å². The molecule has 0 atom stereocenters. The Balaban J connectivity index is 1.86. The average Bonchev–Trinajstić information content (AvgIpc) is 2.68. The Hall–Kier alpha value is -2.74. The second kappa shape index (κ2) is 8.73. The summed E-state index contributed by atoms with van der Waals surface area (Å²) in [5, 5.41) is 3.26. The molecule has 150 valence electrons. The van der Waals surface area contributed by atoms with Crippen molar-refractivity contribution in [3.63, 3.8) is 0 Å². The molecule has 0 aliphatic rings. The van der Waals surface area contributed by atoms with Crippen molar-refractivity contribution in [3.05, 3.63) is 82.3 Å². The fourth-order valence-corrected chi connectivity index (χ4v) is 4.09. The van der Waals surface area contributed by atoms with Crippen LogP contribution in [0.5, 0.6) is 5.75 Å². The summed E-state index contributed by atoms with van der Waals surface area (Å²) in [6.45, 7) is 0. The third-order valence-corrected chi connectivity index (χ3v) is 5.86. The second-order valence-electron chi connectivity index (χ2n) is 5.91. The monoisotopic (exact) mass is 450 g/mol. The van der Waals surface area contributed by atoms with Crippen molar-refractivity contribution in [1.82, 2.24) is 0 Å². The van der Waals surface area contributed by atoms with Gasteiger partial charge >= 0.3 is 0 Å². The van der Waals surface area contributed by atoms with Crippen LogP contribution in [0.1, 0.15) is 10.4 Å². The number of benzene rings is 3. The van der Waals surface area contributed by atoms with Crippen molar-refractivity contribution in [1.29, 1.82) is 0 Å². The molecule has 0 radical (unpaired) electrons. The van der Waals surface area contributed by atoms with E-state index >= 15 is 0 Å². The molecular weight excluding hydrogens is 435 g/mol. The molecule has 0 spiro atoms. The van der Waals surface area contributed by atoms with Gasteiger partial charge in [-0.2, -0.15) is 0 Å². The lowest BCUT2D eigenvalue weighted by Gasteiger charge is -2.14. The van der Waals surface area contributed by atoms with Gasteiger partial charge in [-0.15, -0.1) is 0 Å². The number of carbonyl (C=O) groups excluding carboxylic acids is 1. The molecule has 0 aliphatic carbocycles. The largest absolute Gasteiger partial charge is 0.495 e. The van der Waals surface area contributed by atoms with Crippen LogP contribution in [-0.4, -0.2) is 21.4 Å². The van der Waals surface area contributed by atoms with Crippen LogP contribution in [0.4, 0.5) is 11.4 Å². The Morgan fingerprint density at radius 3 is 2.34 bits per heavy atom. The van der Waals surface area contributed by atoms with E-state index in [1.807, 2.05) is 0 Å². The molecule has 0 saturated heterocycles. The third kappa shape index (κ3) is 5.00. The molecule has 9 heteroatoms. The molecule has 0 fully saturated rings. The van der Waals surface area contributed by atoms with E-state index in [9.17, 15) is 13.2 Å². The van der Waals surface area contributed by atoms with Crippen LogP contribution in [-0.2, 0) is 10.0 Å². The lowest BCUT2D eigenvalue weighted by molar-refractivity contribution is 0.102. The van der Waals surface area contributed by atoms with Crippen LogP contribution in [0, 0.1) is 0 Å². The predicted octanol–water partition coefficient (Wildman–Crippen LogP) is 5.06. The Kier molecular flexibility index (Phi) is 6.32. The highest BCUT2D eigenvalue weighted by atomic mass is 35.5. The molecule has 3 rings (SSSR count). The number of methoxy groups -OCH3 is 1. The number of anilines is 2. The van der Waals surface area contributed by atoms with Crippen molar-refractivity contribution < 1.29 is 17.9 Å². The topological polar surface area (TPSA) is 84.5 Å². The van der Waals surface area contributed by atoms with Crippen LogP contribution >= 0.6 is 23.2 Å². The van der Waals surface area contributed by atoms with Gasteiger partial charge in [0, 0.05) is 16.8 Å². The van der Waals surface area contributed by atoms with Crippen LogP contribution in [0.15, 0.2) is 71.6 Å². The zero-order chi connectivity index (χ0) is 21.0. The number of hydrogen-bond acceptors (Lipinski definition) is 4. The number of ether oxygens (including phenoxy) is 1. The Bertz CT molecular complexity index is 1150. The molecule has 6 nitrogen and oxygen atoms in total. The van der Waals surface area contributed by atoms with Crippen molar-refractivity contribution in [2.75, 3.05) is 17.1 Å². The minimum atomic E-state index is -3.83. The van der Waals surface area contributed by atoms with E-state index in [0.717, 1.165) is 0 Å². The van der Waals surface area contributed by atoms with E-state index in [0.29, 0.717) is 16.4 Å². The molecule has 0 aromatic heterocycles. The van der Waals surface area contributed by atoms with E-state index in [1.54, 1.807) is 36.4 Å². The van der Waals surface area contributed by atoms with Crippen LogP contribution < -0.4 is 14.8 Å². The van der Waals surface area contributed by atoms with Gasteiger partial charge in [0.25, 0.3) is 15.9 Å². The lowest BCUT2D eigenvalue weighted by Crippen LogP contribution is -2.15. The highest BCUT2D eigenvalue weighted by Crippen LogP contribution is 2.30. The van der Waals surface area contributed by atoms with Crippen LogP contribution in [0.3, 0.4) is 0 Å². The zero-order valence-electron chi connectivity index (χ0n) is 15.1. The first-order valence-electron chi connectivity index (χ1n) is 8.32. The first-order chi connectivity index (χ1) is 13.8. The third-order valence-electron chi connectivity index (χ3n) is 3.93. The highest BCUT2D eigenvalue weighted by Gasteiger charge is 2.19. The standard InChI is InChI=1S/C20H16Cl2N2O4S/c1-28-19-12-15(29(26,27)24-14-5-3-2-4-6-14)8-10-18(19)23-20(25)16-9-7-13(21)11-17(16)22/h2-12,24H,1H3,(H,23,25). The van der Waals surface area contributed by atoms with Gasteiger partial charge in [0.2, 0.25) is 0 Å². The van der Waals surface area contributed by atoms with Gasteiger partial charge in [-0.1, -0.05) is 41.4 Å². The van der Waals surface area contributed by atoms with Crippen molar-refractivity contribution in [2.24, 2.45) is 0 Å². The maximum Gasteiger partial charge on any atom is 0.262 e. The van der Waals surface area contributed by atoms with Gasteiger partial charge in [0.1, 0.15) is 5.75 Å². The molecule has 1 amide bonds. The summed E-state index contributed by atoms with van der Waals surface area (Å²) in [7, 11) is -2.46. The van der Waals surface area contributed by atoms with E-state index in [-0.39, 0.29) is 21.2 Å². The molecule has 0 unspecified atom stereocenters. The molecule has 0 heterocycles. The summed E-state index contributed by atoms with van der Waals surface area (Å²) in [6.07, 6.45) is 0. The normalized spacial score (nSPS) is 11.0. The van der Waals surface area contributed by atoms with Gasteiger partial charge in [0.05, 0.1) is 28.3 Å². The van der Waals surface area contributed by atoms with Crippen molar-refractivity contribution in [3.8, 4) is 5.75 Å². The van der Waals surface area contributed by atoms with E-state index < -0.39 is 15.9 Å². The molecular formula is C20H16Cl2N2O4S. The first-order valence-corrected chi connectivity index (χ1v) is 10.6. The summed E-state index contributed by atoms with van der Waals surface area (Å²) in [4.78, 5) is 12.5. The minimum Gasteiger partial charge on any atom is -0.495 e. The maximum absolute atomic E-state index is 12.6. The summed E-state index contributed by atoms with van der Waals surface area (Å²) >= 11 is 11.9. The predicted molar refractivity (Wildman–Crippen MR) is 115 cm³/mol. The molecule has 29 heavy (non-hydrogen) atoms.